The lowest BCUT2D eigenvalue weighted by molar-refractivity contribution is -0.0334. The maximum atomic E-state index is 5.74. The Hall–Kier alpha value is -0.680. The molecule has 1 aliphatic heterocycles. The van der Waals surface area contributed by atoms with Gasteiger partial charge in [0.1, 0.15) is 0 Å². The van der Waals surface area contributed by atoms with Gasteiger partial charge < -0.3 is 15.4 Å². The summed E-state index contributed by atoms with van der Waals surface area (Å²) in [6, 6.07) is 9.04. The van der Waals surface area contributed by atoms with Crippen molar-refractivity contribution >= 4 is 52.6 Å². The van der Waals surface area contributed by atoms with Gasteiger partial charge in [-0.3, -0.25) is 9.89 Å². The van der Waals surface area contributed by atoms with Crippen LogP contribution in [-0.2, 0) is 11.2 Å². The minimum absolute atomic E-state index is 0. The Morgan fingerprint density at radius 2 is 2.00 bits per heavy atom. The Morgan fingerprint density at radius 3 is 2.66 bits per heavy atom. The van der Waals surface area contributed by atoms with E-state index in [1.54, 1.807) is 0 Å². The smallest absolute Gasteiger partial charge is 0.191 e. The fraction of sp³-hybridized carbons (Fsp3) is 0.571. The molecule has 3 heterocycles. The van der Waals surface area contributed by atoms with Crippen LogP contribution in [0.1, 0.15) is 29.6 Å². The van der Waals surface area contributed by atoms with Crippen molar-refractivity contribution in [3.05, 3.63) is 44.8 Å². The summed E-state index contributed by atoms with van der Waals surface area (Å²) in [5.74, 6) is 1.44. The van der Waals surface area contributed by atoms with Gasteiger partial charge in [-0.15, -0.1) is 46.7 Å². The normalized spacial score (nSPS) is 20.0. The van der Waals surface area contributed by atoms with E-state index in [9.17, 15) is 0 Å². The average molecular weight is 549 g/mol. The zero-order valence-electron chi connectivity index (χ0n) is 17.5. The van der Waals surface area contributed by atoms with E-state index in [1.807, 2.05) is 29.7 Å². The molecule has 0 amide bonds. The first-order valence-corrected chi connectivity index (χ1v) is 11.8. The van der Waals surface area contributed by atoms with Crippen molar-refractivity contribution in [3.63, 3.8) is 0 Å². The molecule has 0 aliphatic carbocycles. The number of ether oxygens (including phenoxy) is 1. The summed E-state index contributed by atoms with van der Waals surface area (Å²) in [7, 11) is 1.84. The molecule has 0 aromatic carbocycles. The molecule has 3 unspecified atom stereocenters. The number of halogens is 1. The van der Waals surface area contributed by atoms with Gasteiger partial charge >= 0.3 is 0 Å². The van der Waals surface area contributed by atoms with Crippen molar-refractivity contribution in [2.45, 2.75) is 32.4 Å². The Balaban J connectivity index is 0.00000300. The summed E-state index contributed by atoms with van der Waals surface area (Å²) >= 11 is 3.66. The Labute approximate surface area is 200 Å². The minimum atomic E-state index is 0. The third-order valence-corrected chi connectivity index (χ3v) is 6.89. The maximum Gasteiger partial charge on any atom is 0.191 e. The second-order valence-electron chi connectivity index (χ2n) is 7.43. The largest absolute Gasteiger partial charge is 0.376 e. The van der Waals surface area contributed by atoms with Crippen LogP contribution in [0.4, 0.5) is 0 Å². The lowest BCUT2D eigenvalue weighted by atomic mass is 10.1. The Morgan fingerprint density at radius 1 is 1.24 bits per heavy atom. The van der Waals surface area contributed by atoms with E-state index in [1.165, 1.54) is 9.75 Å². The molecule has 2 aromatic heterocycles. The highest BCUT2D eigenvalue weighted by Gasteiger charge is 2.26. The molecule has 3 atom stereocenters. The summed E-state index contributed by atoms with van der Waals surface area (Å²) in [6.07, 6.45) is 1.39. The molecule has 162 valence electrons. The van der Waals surface area contributed by atoms with Crippen molar-refractivity contribution in [1.82, 2.24) is 15.5 Å². The number of guanidine groups is 1. The van der Waals surface area contributed by atoms with Gasteiger partial charge in [-0.25, -0.2) is 0 Å². The molecule has 0 radical (unpaired) electrons. The third-order valence-electron chi connectivity index (χ3n) is 5.02. The summed E-state index contributed by atoms with van der Waals surface area (Å²) in [5, 5.41) is 11.4. The van der Waals surface area contributed by atoms with E-state index in [4.69, 9.17) is 4.74 Å². The van der Waals surface area contributed by atoms with Crippen LogP contribution in [0.3, 0.4) is 0 Å². The topological polar surface area (TPSA) is 48.9 Å². The molecule has 2 N–H and O–H groups in total. The Bertz CT molecular complexity index is 708. The van der Waals surface area contributed by atoms with Crippen molar-refractivity contribution in [1.29, 1.82) is 0 Å². The van der Waals surface area contributed by atoms with E-state index >= 15 is 0 Å². The molecule has 0 spiro atoms. The number of nitrogens with one attached hydrogen (secondary N) is 2. The Kier molecular flexibility index (Phi) is 10.9. The zero-order valence-corrected chi connectivity index (χ0v) is 21.4. The van der Waals surface area contributed by atoms with Crippen LogP contribution in [0.25, 0.3) is 0 Å². The molecular weight excluding hydrogens is 515 g/mol. The number of hydrogen-bond acceptors (Lipinski definition) is 5. The fourth-order valence-electron chi connectivity index (χ4n) is 3.55. The molecule has 8 heteroatoms. The van der Waals surface area contributed by atoms with Crippen LogP contribution in [0.15, 0.2) is 40.0 Å². The maximum absolute atomic E-state index is 5.74. The average Bonchev–Trinajstić information content (AvgIpc) is 3.39. The number of nitrogens with zero attached hydrogens (tertiary/aromatic N) is 2. The lowest BCUT2D eigenvalue weighted by Crippen LogP contribution is -2.48. The zero-order chi connectivity index (χ0) is 19.8. The molecule has 0 saturated carbocycles. The SMILES string of the molecule is CN=C(NCC(C)Cc1cccs1)NCC(c1cccs1)N1CCOC(C)C1.I. The van der Waals surface area contributed by atoms with Gasteiger partial charge in [0.25, 0.3) is 0 Å². The van der Waals surface area contributed by atoms with Crippen molar-refractivity contribution < 1.29 is 4.74 Å². The summed E-state index contributed by atoms with van der Waals surface area (Å²) in [5.41, 5.74) is 0. The van der Waals surface area contributed by atoms with Gasteiger partial charge in [-0.1, -0.05) is 19.1 Å². The first kappa shape index (κ1) is 24.6. The van der Waals surface area contributed by atoms with Crippen LogP contribution in [0, 0.1) is 5.92 Å². The first-order valence-electron chi connectivity index (χ1n) is 10.0. The summed E-state index contributed by atoms with van der Waals surface area (Å²) in [6.45, 7) is 8.93. The van der Waals surface area contributed by atoms with Crippen molar-refractivity contribution in [2.24, 2.45) is 10.9 Å². The van der Waals surface area contributed by atoms with E-state index in [0.29, 0.717) is 12.0 Å². The van der Waals surface area contributed by atoms with Crippen LogP contribution in [0.2, 0.25) is 0 Å². The van der Waals surface area contributed by atoms with E-state index in [-0.39, 0.29) is 30.1 Å². The number of aliphatic imine (C=N–C) groups is 1. The molecule has 2 aromatic rings. The second kappa shape index (κ2) is 12.9. The molecular formula is C21H33IN4OS2. The minimum Gasteiger partial charge on any atom is -0.376 e. The molecule has 5 nitrogen and oxygen atoms in total. The van der Waals surface area contributed by atoms with Crippen molar-refractivity contribution in [3.8, 4) is 0 Å². The molecule has 1 aliphatic rings. The lowest BCUT2D eigenvalue weighted by Gasteiger charge is -2.37. The predicted molar refractivity (Wildman–Crippen MR) is 136 cm³/mol. The first-order chi connectivity index (χ1) is 13.7. The highest BCUT2D eigenvalue weighted by Crippen LogP contribution is 2.26. The van der Waals surface area contributed by atoms with E-state index in [2.05, 4.69) is 69.4 Å². The molecule has 29 heavy (non-hydrogen) atoms. The number of morpholine rings is 1. The van der Waals surface area contributed by atoms with Gasteiger partial charge in [0, 0.05) is 43.0 Å². The monoisotopic (exact) mass is 548 g/mol. The number of rotatable bonds is 8. The van der Waals surface area contributed by atoms with Gasteiger partial charge in [0.15, 0.2) is 5.96 Å². The molecule has 1 fully saturated rings. The standard InChI is InChI=1S/C21H32N4OS2.HI/c1-16(12-18-6-4-10-27-18)13-23-21(22-3)24-14-19(20-7-5-11-28-20)25-8-9-26-17(2)15-25;/h4-7,10-11,16-17,19H,8-9,12-15H2,1-3H3,(H2,22,23,24);1H. The van der Waals surface area contributed by atoms with Gasteiger partial charge in [-0.05, 0) is 42.2 Å². The highest BCUT2D eigenvalue weighted by molar-refractivity contribution is 14.0. The van der Waals surface area contributed by atoms with Crippen LogP contribution < -0.4 is 10.6 Å². The van der Waals surface area contributed by atoms with E-state index in [0.717, 1.165) is 45.2 Å². The molecule has 3 rings (SSSR count). The van der Waals surface area contributed by atoms with Gasteiger partial charge in [-0.2, -0.15) is 0 Å². The summed E-state index contributed by atoms with van der Waals surface area (Å²) < 4.78 is 5.74. The van der Waals surface area contributed by atoms with Gasteiger partial charge in [0.05, 0.1) is 18.8 Å². The van der Waals surface area contributed by atoms with Crippen LogP contribution in [-0.4, -0.2) is 56.8 Å². The second-order valence-corrected chi connectivity index (χ2v) is 9.44. The number of thiophene rings is 2. The fourth-order valence-corrected chi connectivity index (χ4v) is 5.28. The van der Waals surface area contributed by atoms with Crippen molar-refractivity contribution in [2.75, 3.05) is 39.8 Å². The molecule has 1 saturated heterocycles. The van der Waals surface area contributed by atoms with Gasteiger partial charge in [0.2, 0.25) is 0 Å². The summed E-state index contributed by atoms with van der Waals surface area (Å²) in [4.78, 5) is 9.79. The third kappa shape index (κ3) is 7.82. The molecule has 0 bridgehead atoms. The number of hydrogen-bond donors (Lipinski definition) is 2. The van der Waals surface area contributed by atoms with Crippen LogP contribution >= 0.6 is 46.7 Å². The van der Waals surface area contributed by atoms with E-state index < -0.39 is 0 Å². The van der Waals surface area contributed by atoms with Crippen LogP contribution in [0.5, 0.6) is 0 Å². The highest BCUT2D eigenvalue weighted by atomic mass is 127. The predicted octanol–water partition coefficient (Wildman–Crippen LogP) is 4.23. The quantitative estimate of drug-likeness (QED) is 0.295.